The minimum Gasteiger partial charge on any atom is -0.478 e. The molecule has 1 aromatic carbocycles. The highest BCUT2D eigenvalue weighted by atomic mass is 19.1. The molecule has 0 aliphatic carbocycles. The van der Waals surface area contributed by atoms with E-state index in [2.05, 4.69) is 5.32 Å². The molecule has 1 N–H and O–H groups in total. The molecule has 21 heavy (non-hydrogen) atoms. The van der Waals surface area contributed by atoms with Crippen molar-refractivity contribution in [1.29, 1.82) is 0 Å². The van der Waals surface area contributed by atoms with E-state index < -0.39 is 11.9 Å². The van der Waals surface area contributed by atoms with Crippen LogP contribution in [0.25, 0.3) is 0 Å². The van der Waals surface area contributed by atoms with Crippen LogP contribution < -0.4 is 10.1 Å². The number of benzene rings is 1. The van der Waals surface area contributed by atoms with Gasteiger partial charge in [-0.2, -0.15) is 0 Å². The Morgan fingerprint density at radius 3 is 2.67 bits per heavy atom. The zero-order valence-electron chi connectivity index (χ0n) is 12.9. The Bertz CT molecular complexity index is 437. The van der Waals surface area contributed by atoms with Crippen LogP contribution in [0, 0.1) is 5.82 Å². The second-order valence-corrected chi connectivity index (χ2v) is 5.01. The second-order valence-electron chi connectivity index (χ2n) is 5.01. The van der Waals surface area contributed by atoms with E-state index in [1.807, 2.05) is 20.8 Å². The number of para-hydroxylation sites is 1. The van der Waals surface area contributed by atoms with Gasteiger partial charge >= 0.3 is 0 Å². The summed E-state index contributed by atoms with van der Waals surface area (Å²) < 4.78 is 24.3. The first-order valence-electron chi connectivity index (χ1n) is 7.35. The van der Waals surface area contributed by atoms with E-state index in [0.717, 1.165) is 6.42 Å². The number of carbonyl (C=O) groups is 1. The monoisotopic (exact) mass is 297 g/mol. The van der Waals surface area contributed by atoms with Gasteiger partial charge in [-0.25, -0.2) is 4.39 Å². The van der Waals surface area contributed by atoms with Gasteiger partial charge in [-0.1, -0.05) is 19.1 Å². The molecule has 0 bridgehead atoms. The number of carbonyl (C=O) groups excluding carboxylic acids is 1. The highest BCUT2D eigenvalue weighted by molar-refractivity contribution is 5.81. The maximum Gasteiger partial charge on any atom is 0.261 e. The van der Waals surface area contributed by atoms with Gasteiger partial charge in [0, 0.05) is 13.2 Å². The Morgan fingerprint density at radius 1 is 1.33 bits per heavy atom. The van der Waals surface area contributed by atoms with Crippen LogP contribution in [0.1, 0.15) is 33.6 Å². The van der Waals surface area contributed by atoms with E-state index in [1.165, 1.54) is 12.1 Å². The first kappa shape index (κ1) is 17.4. The Labute approximate surface area is 125 Å². The smallest absolute Gasteiger partial charge is 0.261 e. The largest absolute Gasteiger partial charge is 0.478 e. The third-order valence-corrected chi connectivity index (χ3v) is 2.84. The van der Waals surface area contributed by atoms with Gasteiger partial charge in [-0.3, -0.25) is 4.79 Å². The van der Waals surface area contributed by atoms with Crippen LogP contribution in [-0.4, -0.2) is 31.3 Å². The van der Waals surface area contributed by atoms with Gasteiger partial charge in [-0.05, 0) is 38.8 Å². The topological polar surface area (TPSA) is 47.6 Å². The molecule has 0 aromatic heterocycles. The van der Waals surface area contributed by atoms with Gasteiger partial charge in [0.25, 0.3) is 5.91 Å². The van der Waals surface area contributed by atoms with Crippen molar-refractivity contribution < 1.29 is 18.7 Å². The van der Waals surface area contributed by atoms with Crippen LogP contribution in [0.3, 0.4) is 0 Å². The first-order chi connectivity index (χ1) is 10.0. The summed E-state index contributed by atoms with van der Waals surface area (Å²) in [6.45, 7) is 6.88. The molecule has 0 aliphatic rings. The van der Waals surface area contributed by atoms with E-state index in [9.17, 15) is 9.18 Å². The zero-order valence-corrected chi connectivity index (χ0v) is 12.9. The Morgan fingerprint density at radius 2 is 2.05 bits per heavy atom. The van der Waals surface area contributed by atoms with Crippen molar-refractivity contribution in [1.82, 2.24) is 5.32 Å². The molecule has 0 fully saturated rings. The van der Waals surface area contributed by atoms with Crippen LogP contribution in [0.2, 0.25) is 0 Å². The molecule has 0 radical (unpaired) electrons. The predicted octanol–water partition coefficient (Wildman–Crippen LogP) is 2.91. The van der Waals surface area contributed by atoms with Gasteiger partial charge in [0.1, 0.15) is 0 Å². The van der Waals surface area contributed by atoms with Crippen molar-refractivity contribution in [2.45, 2.75) is 45.8 Å². The van der Waals surface area contributed by atoms with Gasteiger partial charge in [0.2, 0.25) is 0 Å². The van der Waals surface area contributed by atoms with E-state index in [0.29, 0.717) is 19.6 Å². The fourth-order valence-corrected chi connectivity index (χ4v) is 1.73. The minimum absolute atomic E-state index is 0.0997. The van der Waals surface area contributed by atoms with Crippen LogP contribution in [0.4, 0.5) is 4.39 Å². The number of hydrogen-bond donors (Lipinski definition) is 1. The van der Waals surface area contributed by atoms with Crippen molar-refractivity contribution in [3.05, 3.63) is 30.1 Å². The maximum absolute atomic E-state index is 13.5. The number of halogens is 1. The molecule has 1 aromatic rings. The Hall–Kier alpha value is -1.62. The lowest BCUT2D eigenvalue weighted by molar-refractivity contribution is -0.128. The number of ether oxygens (including phenoxy) is 2. The standard InChI is InChI=1S/C16H24FNO3/c1-4-14(21-15-9-6-5-8-13(15)17)16(19)18-10-7-11-20-12(2)3/h5-6,8-9,12,14H,4,7,10-11H2,1-3H3,(H,18,19)/t14-/m0/s1. The molecule has 1 amide bonds. The summed E-state index contributed by atoms with van der Waals surface area (Å²) in [5, 5.41) is 2.78. The number of amides is 1. The number of rotatable bonds is 9. The third kappa shape index (κ3) is 6.58. The van der Waals surface area contributed by atoms with Gasteiger partial charge in [-0.15, -0.1) is 0 Å². The highest BCUT2D eigenvalue weighted by Gasteiger charge is 2.19. The summed E-state index contributed by atoms with van der Waals surface area (Å²) in [6.07, 6.45) is 0.712. The average molecular weight is 297 g/mol. The van der Waals surface area contributed by atoms with Crippen LogP contribution in [0.5, 0.6) is 5.75 Å². The SMILES string of the molecule is CC[C@H](Oc1ccccc1F)C(=O)NCCCOC(C)C. The van der Waals surface area contributed by atoms with Crippen molar-refractivity contribution >= 4 is 5.91 Å². The summed E-state index contributed by atoms with van der Waals surface area (Å²) >= 11 is 0. The highest BCUT2D eigenvalue weighted by Crippen LogP contribution is 2.18. The minimum atomic E-state index is -0.687. The summed E-state index contributed by atoms with van der Waals surface area (Å²) in [5.74, 6) is -0.595. The summed E-state index contributed by atoms with van der Waals surface area (Å²) in [5.41, 5.74) is 0. The molecule has 5 heteroatoms. The molecular formula is C16H24FNO3. The average Bonchev–Trinajstić information content (AvgIpc) is 2.45. The molecule has 4 nitrogen and oxygen atoms in total. The summed E-state index contributed by atoms with van der Waals surface area (Å²) in [4.78, 5) is 12.0. The molecule has 118 valence electrons. The van der Waals surface area contributed by atoms with Gasteiger partial charge < -0.3 is 14.8 Å². The van der Waals surface area contributed by atoms with Crippen molar-refractivity contribution in [2.75, 3.05) is 13.2 Å². The summed E-state index contributed by atoms with van der Waals surface area (Å²) in [7, 11) is 0. The van der Waals surface area contributed by atoms with E-state index in [-0.39, 0.29) is 17.8 Å². The quantitative estimate of drug-likeness (QED) is 0.713. The first-order valence-corrected chi connectivity index (χ1v) is 7.35. The fourth-order valence-electron chi connectivity index (χ4n) is 1.73. The van der Waals surface area contributed by atoms with Crippen LogP contribution >= 0.6 is 0 Å². The molecule has 1 atom stereocenters. The number of hydrogen-bond acceptors (Lipinski definition) is 3. The molecular weight excluding hydrogens is 273 g/mol. The van der Waals surface area contributed by atoms with Crippen molar-refractivity contribution in [3.63, 3.8) is 0 Å². The Balaban J connectivity index is 2.38. The van der Waals surface area contributed by atoms with Crippen molar-refractivity contribution in [2.24, 2.45) is 0 Å². The predicted molar refractivity (Wildman–Crippen MR) is 79.8 cm³/mol. The lowest BCUT2D eigenvalue weighted by Gasteiger charge is -2.17. The summed E-state index contributed by atoms with van der Waals surface area (Å²) in [6, 6.07) is 6.08. The number of nitrogens with one attached hydrogen (secondary N) is 1. The van der Waals surface area contributed by atoms with Crippen molar-refractivity contribution in [3.8, 4) is 5.75 Å². The molecule has 1 rings (SSSR count). The second kappa shape index (κ2) is 9.34. The van der Waals surface area contributed by atoms with E-state index in [1.54, 1.807) is 12.1 Å². The maximum atomic E-state index is 13.5. The normalized spacial score (nSPS) is 12.2. The molecule has 0 spiro atoms. The molecule has 0 heterocycles. The third-order valence-electron chi connectivity index (χ3n) is 2.84. The zero-order chi connectivity index (χ0) is 15.7. The van der Waals surface area contributed by atoms with Gasteiger partial charge in [0.05, 0.1) is 6.10 Å². The lowest BCUT2D eigenvalue weighted by Crippen LogP contribution is -2.38. The molecule has 0 saturated heterocycles. The van der Waals surface area contributed by atoms with Gasteiger partial charge in [0.15, 0.2) is 17.7 Å². The lowest BCUT2D eigenvalue weighted by atomic mass is 10.2. The Kier molecular flexibility index (Phi) is 7.75. The fraction of sp³-hybridized carbons (Fsp3) is 0.562. The molecule has 0 saturated carbocycles. The molecule has 0 unspecified atom stereocenters. The van der Waals surface area contributed by atoms with Crippen LogP contribution in [-0.2, 0) is 9.53 Å². The van der Waals surface area contributed by atoms with E-state index in [4.69, 9.17) is 9.47 Å². The van der Waals surface area contributed by atoms with E-state index >= 15 is 0 Å². The van der Waals surface area contributed by atoms with Crippen LogP contribution in [0.15, 0.2) is 24.3 Å². The molecule has 0 aliphatic heterocycles.